The molecule has 0 N–H and O–H groups in total. The maximum atomic E-state index is 13.0. The number of ether oxygens (including phenoxy) is 1. The SMILES string of the molecule is O=S(=O)(c1ccc2c(c1)CCO2)N1CC2(CC(N3CCCC3)CS2)C1. The minimum absolute atomic E-state index is 0.153. The van der Waals surface area contributed by atoms with Gasteiger partial charge in [-0.05, 0) is 56.1 Å². The summed E-state index contributed by atoms with van der Waals surface area (Å²) in [5, 5.41) is 0. The van der Waals surface area contributed by atoms with E-state index in [9.17, 15) is 8.42 Å². The first-order valence-electron chi connectivity index (χ1n) is 9.20. The first-order valence-corrected chi connectivity index (χ1v) is 11.6. The molecule has 0 aromatic heterocycles. The third-order valence-electron chi connectivity index (χ3n) is 6.07. The Kier molecular flexibility index (Phi) is 3.86. The standard InChI is InChI=1S/C18H24N2O3S2/c21-25(22,16-3-4-17-14(9-16)5-8-23-17)20-12-18(13-20)10-15(11-24-18)19-6-1-2-7-19/h3-4,9,15H,1-2,5-8,10-13H2. The molecule has 0 aliphatic carbocycles. The summed E-state index contributed by atoms with van der Waals surface area (Å²) in [6.07, 6.45) is 4.57. The molecule has 4 aliphatic heterocycles. The van der Waals surface area contributed by atoms with Crippen LogP contribution in [-0.2, 0) is 16.4 Å². The minimum Gasteiger partial charge on any atom is -0.493 e. The van der Waals surface area contributed by atoms with E-state index in [0.29, 0.717) is 30.6 Å². The van der Waals surface area contributed by atoms with Crippen LogP contribution in [-0.4, -0.2) is 67.0 Å². The Morgan fingerprint density at radius 1 is 1.20 bits per heavy atom. The van der Waals surface area contributed by atoms with Gasteiger partial charge in [-0.1, -0.05) is 0 Å². The number of nitrogens with zero attached hydrogens (tertiary/aromatic N) is 2. The summed E-state index contributed by atoms with van der Waals surface area (Å²) in [5.41, 5.74) is 1.01. The molecule has 1 atom stereocenters. The van der Waals surface area contributed by atoms with Crippen LogP contribution in [0.25, 0.3) is 0 Å². The highest BCUT2D eigenvalue weighted by Crippen LogP contribution is 2.48. The first kappa shape index (κ1) is 16.4. The Morgan fingerprint density at radius 3 is 2.80 bits per heavy atom. The highest BCUT2D eigenvalue weighted by molar-refractivity contribution is 8.01. The van der Waals surface area contributed by atoms with Gasteiger partial charge in [0.05, 0.1) is 11.5 Å². The van der Waals surface area contributed by atoms with Gasteiger partial charge in [-0.25, -0.2) is 8.42 Å². The number of hydrogen-bond acceptors (Lipinski definition) is 5. The predicted octanol–water partition coefficient (Wildman–Crippen LogP) is 1.97. The largest absolute Gasteiger partial charge is 0.493 e. The van der Waals surface area contributed by atoms with Crippen molar-refractivity contribution in [2.75, 3.05) is 38.5 Å². The molecule has 4 heterocycles. The van der Waals surface area contributed by atoms with E-state index in [4.69, 9.17) is 4.74 Å². The van der Waals surface area contributed by atoms with Gasteiger partial charge in [0, 0.05) is 36.1 Å². The average Bonchev–Trinajstić information content (AvgIpc) is 3.30. The van der Waals surface area contributed by atoms with Crippen LogP contribution in [0.3, 0.4) is 0 Å². The Balaban J connectivity index is 1.28. The van der Waals surface area contributed by atoms with E-state index in [1.165, 1.54) is 25.9 Å². The van der Waals surface area contributed by atoms with Gasteiger partial charge in [0.2, 0.25) is 10.0 Å². The Labute approximate surface area is 153 Å². The number of hydrogen-bond donors (Lipinski definition) is 0. The van der Waals surface area contributed by atoms with Crippen LogP contribution in [0.5, 0.6) is 5.75 Å². The molecular weight excluding hydrogens is 356 g/mol. The topological polar surface area (TPSA) is 49.9 Å². The van der Waals surface area contributed by atoms with Crippen LogP contribution >= 0.6 is 11.8 Å². The van der Waals surface area contributed by atoms with E-state index in [1.807, 2.05) is 11.8 Å². The highest BCUT2D eigenvalue weighted by atomic mass is 32.2. The molecule has 1 spiro atoms. The average molecular weight is 381 g/mol. The van der Waals surface area contributed by atoms with E-state index in [0.717, 1.165) is 29.9 Å². The summed E-state index contributed by atoms with van der Waals surface area (Å²) in [5.74, 6) is 1.99. The fourth-order valence-corrected chi connectivity index (χ4v) is 8.13. The molecule has 3 fully saturated rings. The zero-order valence-corrected chi connectivity index (χ0v) is 15.9. The van der Waals surface area contributed by atoms with Gasteiger partial charge >= 0.3 is 0 Å². The molecule has 1 aromatic carbocycles. The molecule has 7 heteroatoms. The number of thioether (sulfide) groups is 1. The van der Waals surface area contributed by atoms with Crippen LogP contribution in [0, 0.1) is 0 Å². The number of benzene rings is 1. The number of likely N-dealkylation sites (tertiary alicyclic amines) is 1. The molecule has 5 nitrogen and oxygen atoms in total. The monoisotopic (exact) mass is 380 g/mol. The quantitative estimate of drug-likeness (QED) is 0.802. The second-order valence-electron chi connectivity index (χ2n) is 7.74. The molecular formula is C18H24N2O3S2. The van der Waals surface area contributed by atoms with E-state index in [2.05, 4.69) is 4.90 Å². The van der Waals surface area contributed by atoms with Gasteiger partial charge in [0.25, 0.3) is 0 Å². The fraction of sp³-hybridized carbons (Fsp3) is 0.667. The van der Waals surface area contributed by atoms with E-state index < -0.39 is 10.0 Å². The van der Waals surface area contributed by atoms with Crippen molar-refractivity contribution in [2.24, 2.45) is 0 Å². The lowest BCUT2D eigenvalue weighted by Crippen LogP contribution is -2.60. The highest BCUT2D eigenvalue weighted by Gasteiger charge is 2.53. The third-order valence-corrected chi connectivity index (χ3v) is 9.45. The maximum absolute atomic E-state index is 13.0. The second kappa shape index (κ2) is 5.87. The Morgan fingerprint density at radius 2 is 2.00 bits per heavy atom. The summed E-state index contributed by atoms with van der Waals surface area (Å²) in [6, 6.07) is 5.95. The molecule has 1 unspecified atom stereocenters. The van der Waals surface area contributed by atoms with Gasteiger partial charge in [0.15, 0.2) is 0 Å². The summed E-state index contributed by atoms with van der Waals surface area (Å²) in [6.45, 7) is 4.43. The van der Waals surface area contributed by atoms with Crippen LogP contribution in [0.1, 0.15) is 24.8 Å². The van der Waals surface area contributed by atoms with Crippen molar-refractivity contribution in [1.29, 1.82) is 0 Å². The van der Waals surface area contributed by atoms with E-state index >= 15 is 0 Å². The van der Waals surface area contributed by atoms with Crippen LogP contribution in [0.2, 0.25) is 0 Å². The molecule has 0 bridgehead atoms. The van der Waals surface area contributed by atoms with Gasteiger partial charge in [-0.15, -0.1) is 0 Å². The fourth-order valence-electron chi connectivity index (χ4n) is 4.62. The van der Waals surface area contributed by atoms with Crippen molar-refractivity contribution in [1.82, 2.24) is 9.21 Å². The van der Waals surface area contributed by atoms with Crippen LogP contribution < -0.4 is 4.74 Å². The Bertz CT molecular complexity index is 784. The van der Waals surface area contributed by atoms with Crippen molar-refractivity contribution in [3.63, 3.8) is 0 Å². The minimum atomic E-state index is -3.37. The van der Waals surface area contributed by atoms with Crippen molar-refractivity contribution in [2.45, 2.75) is 41.4 Å². The molecule has 5 rings (SSSR count). The number of fused-ring (bicyclic) bond motifs is 1. The lowest BCUT2D eigenvalue weighted by molar-refractivity contribution is 0.179. The number of rotatable bonds is 3. The molecule has 0 saturated carbocycles. The molecule has 4 aliphatic rings. The van der Waals surface area contributed by atoms with Gasteiger partial charge in [-0.3, -0.25) is 4.90 Å². The first-order chi connectivity index (χ1) is 12.1. The zero-order chi connectivity index (χ0) is 17.1. The van der Waals surface area contributed by atoms with Crippen LogP contribution in [0.15, 0.2) is 23.1 Å². The summed E-state index contributed by atoms with van der Waals surface area (Å²) in [4.78, 5) is 3.03. The van der Waals surface area contributed by atoms with Crippen molar-refractivity contribution in [3.8, 4) is 5.75 Å². The lowest BCUT2D eigenvalue weighted by Gasteiger charge is -2.46. The third kappa shape index (κ3) is 2.71. The van der Waals surface area contributed by atoms with E-state index in [1.54, 1.807) is 22.5 Å². The van der Waals surface area contributed by atoms with E-state index in [-0.39, 0.29) is 4.75 Å². The predicted molar refractivity (Wildman–Crippen MR) is 98.8 cm³/mol. The van der Waals surface area contributed by atoms with Crippen LogP contribution in [0.4, 0.5) is 0 Å². The summed E-state index contributed by atoms with van der Waals surface area (Å²) in [7, 11) is -3.37. The van der Waals surface area contributed by atoms with Crippen molar-refractivity contribution < 1.29 is 13.2 Å². The maximum Gasteiger partial charge on any atom is 0.243 e. The molecule has 25 heavy (non-hydrogen) atoms. The van der Waals surface area contributed by atoms with Gasteiger partial charge < -0.3 is 4.74 Å². The molecule has 0 radical (unpaired) electrons. The van der Waals surface area contributed by atoms with Crippen molar-refractivity contribution >= 4 is 21.8 Å². The summed E-state index contributed by atoms with van der Waals surface area (Å²) < 4.78 is 33.2. The molecule has 3 saturated heterocycles. The molecule has 0 amide bonds. The number of sulfonamides is 1. The van der Waals surface area contributed by atoms with Gasteiger partial charge in [-0.2, -0.15) is 16.1 Å². The second-order valence-corrected chi connectivity index (χ2v) is 11.2. The molecule has 136 valence electrons. The smallest absolute Gasteiger partial charge is 0.243 e. The lowest BCUT2D eigenvalue weighted by atomic mass is 9.94. The normalized spacial score (nSPS) is 28.9. The Hall–Kier alpha value is -0.760. The van der Waals surface area contributed by atoms with Gasteiger partial charge in [0.1, 0.15) is 5.75 Å². The molecule has 1 aromatic rings. The van der Waals surface area contributed by atoms with Crippen molar-refractivity contribution in [3.05, 3.63) is 23.8 Å². The summed E-state index contributed by atoms with van der Waals surface area (Å²) >= 11 is 1.99. The zero-order valence-electron chi connectivity index (χ0n) is 14.3.